The van der Waals surface area contributed by atoms with Gasteiger partial charge in [0, 0.05) is 25.3 Å². The Morgan fingerprint density at radius 2 is 2.14 bits per heavy atom. The summed E-state index contributed by atoms with van der Waals surface area (Å²) in [4.78, 5) is 23.6. The third kappa shape index (κ3) is 4.21. The molecule has 1 atom stereocenters. The van der Waals surface area contributed by atoms with Gasteiger partial charge in [-0.2, -0.15) is 0 Å². The van der Waals surface area contributed by atoms with Crippen molar-refractivity contribution >= 4 is 11.9 Å². The fourth-order valence-corrected chi connectivity index (χ4v) is 2.64. The van der Waals surface area contributed by atoms with Crippen molar-refractivity contribution in [3.05, 3.63) is 29.8 Å². The quantitative estimate of drug-likeness (QED) is 0.833. The second-order valence-corrected chi connectivity index (χ2v) is 5.34. The number of methoxy groups -OCH3 is 1. The number of carboxylic acid groups (broad SMARTS) is 1. The van der Waals surface area contributed by atoms with Crippen LogP contribution >= 0.6 is 0 Å². The highest BCUT2D eigenvalue weighted by Crippen LogP contribution is 2.24. The van der Waals surface area contributed by atoms with Crippen LogP contribution in [-0.2, 0) is 9.53 Å². The van der Waals surface area contributed by atoms with Gasteiger partial charge in [0.15, 0.2) is 0 Å². The van der Waals surface area contributed by atoms with Crippen LogP contribution in [0.5, 0.6) is 5.75 Å². The molecule has 0 aromatic heterocycles. The van der Waals surface area contributed by atoms with Crippen LogP contribution in [0.1, 0.15) is 23.2 Å². The Labute approximate surface area is 129 Å². The first-order valence-electron chi connectivity index (χ1n) is 7.34. The molecule has 1 heterocycles. The maximum Gasteiger partial charge on any atom is 0.308 e. The first-order chi connectivity index (χ1) is 10.6. The number of ether oxygens (including phenoxy) is 2. The number of hydrogen-bond acceptors (Lipinski definition) is 4. The minimum Gasteiger partial charge on any atom is -0.497 e. The third-order valence-corrected chi connectivity index (χ3v) is 3.97. The number of nitrogens with one attached hydrogen (secondary N) is 1. The van der Waals surface area contributed by atoms with Crippen molar-refractivity contribution in [2.24, 2.45) is 11.8 Å². The smallest absolute Gasteiger partial charge is 0.308 e. The SMILES string of the molecule is COc1cccc(C(=O)NCC(C(=O)O)C2CCOCC2)c1. The van der Waals surface area contributed by atoms with E-state index in [0.717, 1.165) is 0 Å². The molecule has 2 rings (SSSR count). The van der Waals surface area contributed by atoms with E-state index in [9.17, 15) is 14.7 Å². The van der Waals surface area contributed by atoms with Crippen LogP contribution in [0.15, 0.2) is 24.3 Å². The van der Waals surface area contributed by atoms with Crippen molar-refractivity contribution in [3.63, 3.8) is 0 Å². The highest BCUT2D eigenvalue weighted by Gasteiger charge is 2.30. The van der Waals surface area contributed by atoms with Gasteiger partial charge >= 0.3 is 5.97 Å². The molecule has 1 fully saturated rings. The highest BCUT2D eigenvalue weighted by molar-refractivity contribution is 5.94. The highest BCUT2D eigenvalue weighted by atomic mass is 16.5. The first-order valence-corrected chi connectivity index (χ1v) is 7.34. The van der Waals surface area contributed by atoms with Crippen LogP contribution in [0.4, 0.5) is 0 Å². The summed E-state index contributed by atoms with van der Waals surface area (Å²) in [6.45, 7) is 1.28. The van der Waals surface area contributed by atoms with E-state index in [1.165, 1.54) is 7.11 Å². The maximum absolute atomic E-state index is 12.1. The summed E-state index contributed by atoms with van der Waals surface area (Å²) in [5.74, 6) is -1.13. The summed E-state index contributed by atoms with van der Waals surface area (Å²) in [5, 5.41) is 12.1. The second kappa shape index (κ2) is 7.79. The number of rotatable bonds is 6. The number of amides is 1. The van der Waals surface area contributed by atoms with Crippen molar-refractivity contribution in [2.75, 3.05) is 26.9 Å². The van der Waals surface area contributed by atoms with E-state index in [0.29, 0.717) is 37.4 Å². The molecular formula is C16H21NO5. The molecule has 1 amide bonds. The normalized spacial score (nSPS) is 16.8. The number of carbonyl (C=O) groups excluding carboxylic acids is 1. The molecule has 2 N–H and O–H groups in total. The summed E-state index contributed by atoms with van der Waals surface area (Å²) < 4.78 is 10.3. The lowest BCUT2D eigenvalue weighted by Gasteiger charge is -2.27. The predicted octanol–water partition coefficient (Wildman–Crippen LogP) is 1.55. The number of carboxylic acids is 1. The lowest BCUT2D eigenvalue weighted by Crippen LogP contribution is -2.39. The third-order valence-electron chi connectivity index (χ3n) is 3.97. The molecule has 0 aliphatic carbocycles. The molecule has 6 heteroatoms. The molecule has 1 aliphatic heterocycles. The van der Waals surface area contributed by atoms with Crippen LogP contribution in [0.25, 0.3) is 0 Å². The maximum atomic E-state index is 12.1. The standard InChI is InChI=1S/C16H21NO5/c1-21-13-4-2-3-12(9-13)15(18)17-10-14(16(19)20)11-5-7-22-8-6-11/h2-4,9,11,14H,5-8,10H2,1H3,(H,17,18)(H,19,20). The van der Waals surface area contributed by atoms with Crippen molar-refractivity contribution < 1.29 is 24.2 Å². The van der Waals surface area contributed by atoms with E-state index in [1.807, 2.05) is 0 Å². The molecule has 6 nitrogen and oxygen atoms in total. The largest absolute Gasteiger partial charge is 0.497 e. The predicted molar refractivity (Wildman–Crippen MR) is 80.0 cm³/mol. The van der Waals surface area contributed by atoms with Crippen LogP contribution in [0, 0.1) is 11.8 Å². The Bertz CT molecular complexity index is 525. The van der Waals surface area contributed by atoms with E-state index in [2.05, 4.69) is 5.32 Å². The van der Waals surface area contributed by atoms with Crippen molar-refractivity contribution in [1.29, 1.82) is 0 Å². The van der Waals surface area contributed by atoms with Crippen LogP contribution in [0.2, 0.25) is 0 Å². The van der Waals surface area contributed by atoms with Crippen LogP contribution in [-0.4, -0.2) is 43.9 Å². The van der Waals surface area contributed by atoms with Crippen LogP contribution < -0.4 is 10.1 Å². The fourth-order valence-electron chi connectivity index (χ4n) is 2.64. The van der Waals surface area contributed by atoms with Gasteiger partial charge in [-0.1, -0.05) is 6.07 Å². The molecule has 22 heavy (non-hydrogen) atoms. The minimum absolute atomic E-state index is 0.0388. The zero-order valence-electron chi connectivity index (χ0n) is 12.6. The van der Waals surface area contributed by atoms with E-state index in [-0.39, 0.29) is 18.4 Å². The van der Waals surface area contributed by atoms with Gasteiger partial charge in [-0.15, -0.1) is 0 Å². The van der Waals surface area contributed by atoms with Gasteiger partial charge in [-0.3, -0.25) is 9.59 Å². The van der Waals surface area contributed by atoms with E-state index >= 15 is 0 Å². The number of carbonyl (C=O) groups is 2. The lowest BCUT2D eigenvalue weighted by atomic mass is 9.86. The van der Waals surface area contributed by atoms with Crippen molar-refractivity contribution in [1.82, 2.24) is 5.32 Å². The van der Waals surface area contributed by atoms with Gasteiger partial charge in [0.1, 0.15) is 5.75 Å². The minimum atomic E-state index is -0.877. The molecule has 0 bridgehead atoms. The number of hydrogen-bond donors (Lipinski definition) is 2. The summed E-state index contributed by atoms with van der Waals surface area (Å²) >= 11 is 0. The molecule has 120 valence electrons. The van der Waals surface area contributed by atoms with Crippen LogP contribution in [0.3, 0.4) is 0 Å². The van der Waals surface area contributed by atoms with Gasteiger partial charge in [0.05, 0.1) is 13.0 Å². The summed E-state index contributed by atoms with van der Waals surface area (Å²) in [6.07, 6.45) is 1.43. The molecule has 0 radical (unpaired) electrons. The molecule has 1 aromatic carbocycles. The molecule has 1 unspecified atom stereocenters. The van der Waals surface area contributed by atoms with Crippen molar-refractivity contribution in [2.45, 2.75) is 12.8 Å². The average Bonchev–Trinajstić information content (AvgIpc) is 2.55. The molecule has 1 aromatic rings. The van der Waals surface area contributed by atoms with E-state index in [4.69, 9.17) is 9.47 Å². The lowest BCUT2D eigenvalue weighted by molar-refractivity contribution is -0.144. The fraction of sp³-hybridized carbons (Fsp3) is 0.500. The Balaban J connectivity index is 1.96. The molecule has 0 spiro atoms. The Hall–Kier alpha value is -2.08. The topological polar surface area (TPSA) is 84.9 Å². The van der Waals surface area contributed by atoms with Gasteiger partial charge in [-0.05, 0) is 37.0 Å². The van der Waals surface area contributed by atoms with Gasteiger partial charge < -0.3 is 19.9 Å². The summed E-state index contributed by atoms with van der Waals surface area (Å²) in [6, 6.07) is 6.77. The first kappa shape index (κ1) is 16.3. The zero-order valence-corrected chi connectivity index (χ0v) is 12.6. The molecular weight excluding hydrogens is 286 g/mol. The molecule has 1 saturated heterocycles. The molecule has 0 saturated carbocycles. The van der Waals surface area contributed by atoms with E-state index in [1.54, 1.807) is 24.3 Å². The Kier molecular flexibility index (Phi) is 5.77. The second-order valence-electron chi connectivity index (χ2n) is 5.34. The molecule has 1 aliphatic rings. The number of aliphatic carboxylic acids is 1. The van der Waals surface area contributed by atoms with Gasteiger partial charge in [0.2, 0.25) is 0 Å². The number of benzene rings is 1. The summed E-state index contributed by atoms with van der Waals surface area (Å²) in [5.41, 5.74) is 0.454. The monoisotopic (exact) mass is 307 g/mol. The Morgan fingerprint density at radius 3 is 2.77 bits per heavy atom. The Morgan fingerprint density at radius 1 is 1.41 bits per heavy atom. The van der Waals surface area contributed by atoms with E-state index < -0.39 is 11.9 Å². The van der Waals surface area contributed by atoms with Gasteiger partial charge in [0.25, 0.3) is 5.91 Å². The average molecular weight is 307 g/mol. The van der Waals surface area contributed by atoms with Crippen molar-refractivity contribution in [3.8, 4) is 5.75 Å². The summed E-state index contributed by atoms with van der Waals surface area (Å²) in [7, 11) is 1.53. The zero-order chi connectivity index (χ0) is 15.9. The van der Waals surface area contributed by atoms with Gasteiger partial charge in [-0.25, -0.2) is 0 Å².